The topological polar surface area (TPSA) is 106 Å². The molecule has 2 aliphatic rings. The SMILES string of the molecule is COc1ccc(CN2C(=O)CCc3c(OCC4(C(=O)O)CCN(C(=O)OC(C)(C)C)CC4)ccc(F)c32)cc1. The van der Waals surface area contributed by atoms with Gasteiger partial charge in [0.25, 0.3) is 0 Å². The Morgan fingerprint density at radius 2 is 1.72 bits per heavy atom. The van der Waals surface area contributed by atoms with Crippen LogP contribution in [0.5, 0.6) is 11.5 Å². The second kappa shape index (κ2) is 11.1. The molecule has 2 aromatic rings. The van der Waals surface area contributed by atoms with Crippen molar-refractivity contribution >= 4 is 23.7 Å². The van der Waals surface area contributed by atoms with Crippen molar-refractivity contribution in [2.75, 3.05) is 31.7 Å². The quantitative estimate of drug-likeness (QED) is 0.536. The molecule has 0 spiro atoms. The predicted molar refractivity (Wildman–Crippen MR) is 142 cm³/mol. The van der Waals surface area contributed by atoms with E-state index in [0.717, 1.165) is 5.56 Å². The average molecular weight is 543 g/mol. The summed E-state index contributed by atoms with van der Waals surface area (Å²) in [6.07, 6.45) is 0.363. The number of carboxylic acid groups (broad SMARTS) is 1. The Bertz CT molecular complexity index is 1230. The minimum atomic E-state index is -1.22. The van der Waals surface area contributed by atoms with Gasteiger partial charge in [-0.2, -0.15) is 0 Å². The Morgan fingerprint density at radius 3 is 2.31 bits per heavy atom. The van der Waals surface area contributed by atoms with Crippen LogP contribution in [0.25, 0.3) is 0 Å². The third kappa shape index (κ3) is 6.26. The highest BCUT2D eigenvalue weighted by atomic mass is 19.1. The van der Waals surface area contributed by atoms with Gasteiger partial charge in [0.1, 0.15) is 34.9 Å². The minimum absolute atomic E-state index is 0.144. The number of benzene rings is 2. The number of carbonyl (C=O) groups excluding carboxylic acids is 2. The standard InChI is InChI=1S/C29H35FN2O7/c1-28(2,3)39-27(36)31-15-13-29(14-16-31,26(34)35)18-38-23-11-10-22(30)25-21(23)9-12-24(33)32(25)17-19-5-7-20(37-4)8-6-19/h5-8,10-11H,9,12-18H2,1-4H3,(H,34,35). The van der Waals surface area contributed by atoms with Crippen molar-refractivity contribution in [3.63, 3.8) is 0 Å². The molecule has 210 valence electrons. The molecule has 1 N–H and O–H groups in total. The molecule has 0 aromatic heterocycles. The van der Waals surface area contributed by atoms with E-state index in [0.29, 0.717) is 17.1 Å². The van der Waals surface area contributed by atoms with E-state index in [1.165, 1.54) is 21.9 Å². The lowest BCUT2D eigenvalue weighted by Gasteiger charge is -2.39. The molecule has 10 heteroatoms. The normalized spacial score (nSPS) is 16.9. The molecular formula is C29H35FN2O7. The number of hydrogen-bond acceptors (Lipinski definition) is 6. The maximum atomic E-state index is 15.1. The van der Waals surface area contributed by atoms with Crippen LogP contribution in [-0.2, 0) is 27.3 Å². The summed E-state index contributed by atoms with van der Waals surface area (Å²) in [7, 11) is 1.56. The number of fused-ring (bicyclic) bond motifs is 1. The summed E-state index contributed by atoms with van der Waals surface area (Å²) in [5.41, 5.74) is -0.360. The van der Waals surface area contributed by atoms with Gasteiger partial charge in [-0.15, -0.1) is 0 Å². The lowest BCUT2D eigenvalue weighted by molar-refractivity contribution is -0.154. The minimum Gasteiger partial charge on any atom is -0.497 e. The molecule has 1 saturated heterocycles. The van der Waals surface area contributed by atoms with Gasteiger partial charge in [-0.1, -0.05) is 12.1 Å². The maximum absolute atomic E-state index is 15.1. The molecule has 0 saturated carbocycles. The highest BCUT2D eigenvalue weighted by Crippen LogP contribution is 2.40. The Balaban J connectivity index is 1.51. The lowest BCUT2D eigenvalue weighted by Crippen LogP contribution is -2.50. The molecule has 0 atom stereocenters. The van der Waals surface area contributed by atoms with Gasteiger partial charge in [0.2, 0.25) is 5.91 Å². The summed E-state index contributed by atoms with van der Waals surface area (Å²) < 4.78 is 31.8. The zero-order valence-electron chi connectivity index (χ0n) is 22.8. The summed E-state index contributed by atoms with van der Waals surface area (Å²) in [6.45, 7) is 5.80. The number of anilines is 1. The lowest BCUT2D eigenvalue weighted by atomic mass is 9.79. The summed E-state index contributed by atoms with van der Waals surface area (Å²) >= 11 is 0. The Labute approximate surface area is 227 Å². The maximum Gasteiger partial charge on any atom is 0.410 e. The second-order valence-corrected chi connectivity index (χ2v) is 11.0. The molecule has 9 nitrogen and oxygen atoms in total. The van der Waals surface area contributed by atoms with Crippen LogP contribution in [0.15, 0.2) is 36.4 Å². The van der Waals surface area contributed by atoms with E-state index >= 15 is 4.39 Å². The average Bonchev–Trinajstić information content (AvgIpc) is 2.89. The molecule has 2 amide bonds. The molecule has 0 bridgehead atoms. The van der Waals surface area contributed by atoms with Crippen molar-refractivity contribution in [3.8, 4) is 11.5 Å². The fraction of sp³-hybridized carbons (Fsp3) is 0.483. The first-order valence-electron chi connectivity index (χ1n) is 13.0. The Hall–Kier alpha value is -3.82. The van der Waals surface area contributed by atoms with Gasteiger partial charge >= 0.3 is 12.1 Å². The van der Waals surface area contributed by atoms with E-state index in [1.54, 1.807) is 40.0 Å². The number of carboxylic acids is 1. The first-order valence-corrected chi connectivity index (χ1v) is 13.0. The van der Waals surface area contributed by atoms with Crippen molar-refractivity contribution in [2.45, 2.75) is 58.6 Å². The number of aliphatic carboxylic acids is 1. The molecular weight excluding hydrogens is 507 g/mol. The number of piperidine rings is 1. The fourth-order valence-corrected chi connectivity index (χ4v) is 4.91. The van der Waals surface area contributed by atoms with Crippen LogP contribution in [0.3, 0.4) is 0 Å². The molecule has 0 aliphatic carbocycles. The van der Waals surface area contributed by atoms with E-state index in [2.05, 4.69) is 0 Å². The number of halogens is 1. The zero-order chi connectivity index (χ0) is 28.4. The number of nitrogens with zero attached hydrogens (tertiary/aromatic N) is 2. The Morgan fingerprint density at radius 1 is 1.05 bits per heavy atom. The van der Waals surface area contributed by atoms with Crippen LogP contribution in [-0.4, -0.2) is 60.4 Å². The predicted octanol–water partition coefficient (Wildman–Crippen LogP) is 4.79. The van der Waals surface area contributed by atoms with Gasteiger partial charge in [0.15, 0.2) is 0 Å². The summed E-state index contributed by atoms with van der Waals surface area (Å²) in [5.74, 6) is -0.730. The number of rotatable bonds is 7. The number of hydrogen-bond donors (Lipinski definition) is 1. The van der Waals surface area contributed by atoms with E-state index in [1.807, 2.05) is 12.1 Å². The molecule has 39 heavy (non-hydrogen) atoms. The van der Waals surface area contributed by atoms with Crippen LogP contribution < -0.4 is 14.4 Å². The summed E-state index contributed by atoms with van der Waals surface area (Å²) in [5, 5.41) is 10.1. The van der Waals surface area contributed by atoms with Crippen molar-refractivity contribution in [2.24, 2.45) is 5.41 Å². The van der Waals surface area contributed by atoms with Gasteiger partial charge < -0.3 is 29.1 Å². The third-order valence-electron chi connectivity index (χ3n) is 7.18. The Kier molecular flexibility index (Phi) is 8.04. The molecule has 1 fully saturated rings. The highest BCUT2D eigenvalue weighted by Gasteiger charge is 2.44. The van der Waals surface area contributed by atoms with Crippen molar-refractivity contribution in [1.82, 2.24) is 4.90 Å². The van der Waals surface area contributed by atoms with Crippen LogP contribution in [0, 0.1) is 11.2 Å². The van der Waals surface area contributed by atoms with E-state index in [-0.39, 0.29) is 63.5 Å². The van der Waals surface area contributed by atoms with Gasteiger partial charge in [-0.05, 0) is 69.9 Å². The van der Waals surface area contributed by atoms with Crippen molar-refractivity contribution in [1.29, 1.82) is 0 Å². The molecule has 2 aromatic carbocycles. The number of ether oxygens (including phenoxy) is 3. The molecule has 0 unspecified atom stereocenters. The van der Waals surface area contributed by atoms with Crippen molar-refractivity contribution in [3.05, 3.63) is 53.3 Å². The number of likely N-dealkylation sites (tertiary alicyclic amines) is 1. The van der Waals surface area contributed by atoms with Crippen molar-refractivity contribution < 1.29 is 38.1 Å². The smallest absolute Gasteiger partial charge is 0.410 e. The van der Waals surface area contributed by atoms with Crippen LogP contribution in [0.1, 0.15) is 51.2 Å². The highest BCUT2D eigenvalue weighted by molar-refractivity contribution is 5.97. The summed E-state index contributed by atoms with van der Waals surface area (Å²) in [6, 6.07) is 9.92. The molecule has 4 rings (SSSR count). The van der Waals surface area contributed by atoms with E-state index in [9.17, 15) is 19.5 Å². The number of carbonyl (C=O) groups is 3. The zero-order valence-corrected chi connectivity index (χ0v) is 22.8. The first-order chi connectivity index (χ1) is 18.4. The van der Waals surface area contributed by atoms with Gasteiger partial charge in [-0.25, -0.2) is 9.18 Å². The number of amides is 2. The monoisotopic (exact) mass is 542 g/mol. The largest absolute Gasteiger partial charge is 0.497 e. The van der Waals surface area contributed by atoms with Crippen LogP contribution in [0.4, 0.5) is 14.9 Å². The molecule has 2 heterocycles. The number of methoxy groups -OCH3 is 1. The van der Waals surface area contributed by atoms with E-state index in [4.69, 9.17) is 14.2 Å². The summed E-state index contributed by atoms with van der Waals surface area (Å²) in [4.78, 5) is 40.6. The first kappa shape index (κ1) is 28.2. The molecule has 0 radical (unpaired) electrons. The third-order valence-corrected chi connectivity index (χ3v) is 7.18. The van der Waals surface area contributed by atoms with Crippen LogP contribution >= 0.6 is 0 Å². The van der Waals surface area contributed by atoms with Crippen LogP contribution in [0.2, 0.25) is 0 Å². The van der Waals surface area contributed by atoms with Gasteiger partial charge in [-0.3, -0.25) is 9.59 Å². The fourth-order valence-electron chi connectivity index (χ4n) is 4.91. The van der Waals surface area contributed by atoms with Gasteiger partial charge in [0, 0.05) is 25.1 Å². The van der Waals surface area contributed by atoms with Gasteiger partial charge in [0.05, 0.1) is 19.3 Å². The molecule has 2 aliphatic heterocycles. The van der Waals surface area contributed by atoms with E-state index < -0.39 is 28.9 Å². The second-order valence-electron chi connectivity index (χ2n) is 11.0.